The zero-order valence-electron chi connectivity index (χ0n) is 10.4. The molecule has 0 amide bonds. The fourth-order valence-electron chi connectivity index (χ4n) is 2.52. The molecule has 1 aliphatic rings. The van der Waals surface area contributed by atoms with Gasteiger partial charge < -0.3 is 0 Å². The third-order valence-corrected chi connectivity index (χ3v) is 3.49. The second-order valence-corrected chi connectivity index (χ2v) is 4.81. The van der Waals surface area contributed by atoms with Gasteiger partial charge in [-0.15, -0.1) is 0 Å². The normalized spacial score (nSPS) is 26.1. The Kier molecular flexibility index (Phi) is 3.95. The fraction of sp³-hybridized carbons (Fsp3) is 0.467. The molecule has 2 rings (SSSR count). The molecule has 1 nitrogen and oxygen atoms in total. The van der Waals surface area contributed by atoms with E-state index in [9.17, 15) is 4.39 Å². The zero-order valence-corrected chi connectivity index (χ0v) is 10.4. The number of likely N-dealkylation sites (tertiary alicyclic amines) is 1. The average molecular weight is 233 g/mol. The second-order valence-electron chi connectivity index (χ2n) is 4.81. The summed E-state index contributed by atoms with van der Waals surface area (Å²) in [5.74, 6) is 0. The lowest BCUT2D eigenvalue weighted by Crippen LogP contribution is -2.44. The summed E-state index contributed by atoms with van der Waals surface area (Å²) in [6.45, 7) is 6.76. The monoisotopic (exact) mass is 233 g/mol. The Morgan fingerprint density at radius 2 is 2.00 bits per heavy atom. The van der Waals surface area contributed by atoms with Gasteiger partial charge >= 0.3 is 0 Å². The minimum Gasteiger partial charge on any atom is -0.266 e. The molecular formula is C15H20FN. The first-order valence-electron chi connectivity index (χ1n) is 6.31. The van der Waals surface area contributed by atoms with Gasteiger partial charge in [-0.3, -0.25) is 4.90 Å². The van der Waals surface area contributed by atoms with E-state index in [1.165, 1.54) is 5.56 Å². The van der Waals surface area contributed by atoms with E-state index in [4.69, 9.17) is 0 Å². The van der Waals surface area contributed by atoms with Crippen molar-refractivity contribution in [1.82, 2.24) is 4.90 Å². The predicted molar refractivity (Wildman–Crippen MR) is 69.3 cm³/mol. The van der Waals surface area contributed by atoms with Crippen molar-refractivity contribution >= 4 is 0 Å². The lowest BCUT2D eigenvalue weighted by atomic mass is 9.94. The maximum atomic E-state index is 14.1. The van der Waals surface area contributed by atoms with Crippen LogP contribution in [0.4, 0.5) is 4.39 Å². The SMILES string of the molecule is C=C1C[C@H](CC)N(Cc2ccccc2)[C@H](F)C1. The van der Waals surface area contributed by atoms with Crippen LogP contribution >= 0.6 is 0 Å². The predicted octanol–water partition coefficient (Wildman–Crippen LogP) is 3.91. The Bertz CT molecular complexity index is 374. The molecule has 0 saturated carbocycles. The highest BCUT2D eigenvalue weighted by Gasteiger charge is 2.30. The van der Waals surface area contributed by atoms with Crippen LogP contribution in [0.3, 0.4) is 0 Å². The molecule has 2 heteroatoms. The summed E-state index contributed by atoms with van der Waals surface area (Å²) >= 11 is 0. The Morgan fingerprint density at radius 1 is 1.29 bits per heavy atom. The maximum Gasteiger partial charge on any atom is 0.157 e. The molecule has 1 saturated heterocycles. The maximum absolute atomic E-state index is 14.1. The Morgan fingerprint density at radius 3 is 2.65 bits per heavy atom. The minimum atomic E-state index is -0.874. The van der Waals surface area contributed by atoms with Gasteiger partial charge in [-0.2, -0.15) is 0 Å². The number of alkyl halides is 1. The number of nitrogens with zero attached hydrogens (tertiary/aromatic N) is 1. The number of rotatable bonds is 3. The van der Waals surface area contributed by atoms with Crippen LogP contribution < -0.4 is 0 Å². The second kappa shape index (κ2) is 5.46. The van der Waals surface area contributed by atoms with Crippen molar-refractivity contribution < 1.29 is 4.39 Å². The van der Waals surface area contributed by atoms with E-state index in [1.807, 2.05) is 23.1 Å². The van der Waals surface area contributed by atoms with E-state index >= 15 is 0 Å². The lowest BCUT2D eigenvalue weighted by Gasteiger charge is -2.39. The van der Waals surface area contributed by atoms with Gasteiger partial charge in [-0.1, -0.05) is 49.4 Å². The van der Waals surface area contributed by atoms with E-state index in [0.717, 1.165) is 18.4 Å². The summed E-state index contributed by atoms with van der Waals surface area (Å²) < 4.78 is 14.1. The first kappa shape index (κ1) is 12.3. The summed E-state index contributed by atoms with van der Waals surface area (Å²) in [4.78, 5) is 1.98. The van der Waals surface area contributed by atoms with Crippen molar-refractivity contribution in [2.45, 2.75) is 45.1 Å². The van der Waals surface area contributed by atoms with Crippen LogP contribution in [-0.2, 0) is 6.54 Å². The van der Waals surface area contributed by atoms with E-state index in [2.05, 4.69) is 25.6 Å². The Hall–Kier alpha value is -1.15. The van der Waals surface area contributed by atoms with Crippen molar-refractivity contribution in [1.29, 1.82) is 0 Å². The highest BCUT2D eigenvalue weighted by Crippen LogP contribution is 2.30. The number of benzene rings is 1. The Balaban J connectivity index is 2.09. The highest BCUT2D eigenvalue weighted by molar-refractivity contribution is 5.15. The molecule has 0 N–H and O–H groups in total. The van der Waals surface area contributed by atoms with Crippen molar-refractivity contribution in [2.75, 3.05) is 0 Å². The van der Waals surface area contributed by atoms with Gasteiger partial charge in [0.15, 0.2) is 6.30 Å². The smallest absolute Gasteiger partial charge is 0.157 e. The molecule has 1 aromatic carbocycles. The number of halogens is 1. The van der Waals surface area contributed by atoms with Crippen LogP contribution in [0.2, 0.25) is 0 Å². The van der Waals surface area contributed by atoms with E-state index in [0.29, 0.717) is 19.0 Å². The number of hydrogen-bond donors (Lipinski definition) is 0. The molecule has 2 atom stereocenters. The van der Waals surface area contributed by atoms with Gasteiger partial charge in [-0.25, -0.2) is 4.39 Å². The third-order valence-electron chi connectivity index (χ3n) is 3.49. The van der Waals surface area contributed by atoms with Crippen LogP contribution in [0.5, 0.6) is 0 Å². The molecule has 1 heterocycles. The van der Waals surface area contributed by atoms with Gasteiger partial charge in [0.1, 0.15) is 0 Å². The lowest BCUT2D eigenvalue weighted by molar-refractivity contribution is 0.0128. The molecule has 1 fully saturated rings. The molecular weight excluding hydrogens is 213 g/mol. The summed E-state index contributed by atoms with van der Waals surface area (Å²) in [7, 11) is 0. The molecule has 0 bridgehead atoms. The van der Waals surface area contributed by atoms with Gasteiger partial charge in [0.05, 0.1) is 0 Å². The van der Waals surface area contributed by atoms with Gasteiger partial charge in [0, 0.05) is 19.0 Å². The quantitative estimate of drug-likeness (QED) is 0.565. The third kappa shape index (κ3) is 2.95. The average Bonchev–Trinajstić information content (AvgIpc) is 2.33. The fourth-order valence-corrected chi connectivity index (χ4v) is 2.52. The number of hydrogen-bond acceptors (Lipinski definition) is 1. The zero-order chi connectivity index (χ0) is 12.3. The Labute approximate surface area is 103 Å². The van der Waals surface area contributed by atoms with E-state index in [1.54, 1.807) is 0 Å². The molecule has 1 aromatic rings. The van der Waals surface area contributed by atoms with Crippen molar-refractivity contribution in [3.8, 4) is 0 Å². The summed E-state index contributed by atoms with van der Waals surface area (Å²) in [5.41, 5.74) is 2.23. The van der Waals surface area contributed by atoms with Crippen LogP contribution in [0, 0.1) is 0 Å². The van der Waals surface area contributed by atoms with Gasteiger partial charge in [-0.05, 0) is 18.4 Å². The van der Waals surface area contributed by atoms with Crippen LogP contribution in [0.15, 0.2) is 42.5 Å². The summed E-state index contributed by atoms with van der Waals surface area (Å²) in [6, 6.07) is 10.4. The van der Waals surface area contributed by atoms with Crippen molar-refractivity contribution in [3.05, 3.63) is 48.0 Å². The van der Waals surface area contributed by atoms with Crippen LogP contribution in [0.25, 0.3) is 0 Å². The van der Waals surface area contributed by atoms with Crippen LogP contribution in [-0.4, -0.2) is 17.2 Å². The highest BCUT2D eigenvalue weighted by atomic mass is 19.1. The minimum absolute atomic E-state index is 0.298. The molecule has 0 spiro atoms. The topological polar surface area (TPSA) is 3.24 Å². The molecule has 17 heavy (non-hydrogen) atoms. The number of piperidine rings is 1. The molecule has 0 aromatic heterocycles. The van der Waals surface area contributed by atoms with Crippen molar-refractivity contribution in [3.63, 3.8) is 0 Å². The first-order valence-corrected chi connectivity index (χ1v) is 6.31. The van der Waals surface area contributed by atoms with Crippen LogP contribution in [0.1, 0.15) is 31.7 Å². The largest absolute Gasteiger partial charge is 0.266 e. The first-order chi connectivity index (χ1) is 8.20. The molecule has 0 unspecified atom stereocenters. The summed E-state index contributed by atoms with van der Waals surface area (Å²) in [5, 5.41) is 0. The summed E-state index contributed by atoms with van der Waals surface area (Å²) in [6.07, 6.45) is 1.53. The van der Waals surface area contributed by atoms with E-state index in [-0.39, 0.29) is 0 Å². The van der Waals surface area contributed by atoms with E-state index < -0.39 is 6.30 Å². The van der Waals surface area contributed by atoms with Crippen molar-refractivity contribution in [2.24, 2.45) is 0 Å². The molecule has 1 aliphatic heterocycles. The standard InChI is InChI=1S/C15H20FN/c1-3-14-9-12(2)10-15(16)17(14)11-13-7-5-4-6-8-13/h4-8,14-15H,2-3,9-11H2,1H3/t14-,15-/m0/s1. The molecule has 0 radical (unpaired) electrons. The van der Waals surface area contributed by atoms with Gasteiger partial charge in [0.25, 0.3) is 0 Å². The molecule has 0 aliphatic carbocycles. The molecule has 92 valence electrons. The van der Waals surface area contributed by atoms with Gasteiger partial charge in [0.2, 0.25) is 0 Å².